The third-order valence-electron chi connectivity index (χ3n) is 6.93. The highest BCUT2D eigenvalue weighted by atomic mass is 32.2. The minimum atomic E-state index is -3.64. The lowest BCUT2D eigenvalue weighted by molar-refractivity contribution is 0.139. The van der Waals surface area contributed by atoms with Gasteiger partial charge in [0.15, 0.2) is 23.1 Å². The molecule has 1 N–H and O–H groups in total. The number of nitrogens with one attached hydrogen (secondary N) is 1. The smallest absolute Gasteiger partial charge is 0.240 e. The SMILES string of the molecule is COc1ccc(S(=O)(=O)NC2CCC(N3CCN(c4ncccc4OC(C)C)CC3)CC2)cc1OC. The van der Waals surface area contributed by atoms with E-state index in [1.165, 1.54) is 20.3 Å². The molecule has 10 heteroatoms. The van der Waals surface area contributed by atoms with E-state index in [1.54, 1.807) is 12.1 Å². The number of ether oxygens (including phenoxy) is 3. The minimum Gasteiger partial charge on any atom is -0.493 e. The first-order chi connectivity index (χ1) is 17.3. The number of piperazine rings is 1. The van der Waals surface area contributed by atoms with Gasteiger partial charge >= 0.3 is 0 Å². The number of aromatic nitrogens is 1. The Hall–Kier alpha value is -2.56. The minimum absolute atomic E-state index is 0.0649. The number of pyridine rings is 1. The summed E-state index contributed by atoms with van der Waals surface area (Å²) < 4.78 is 45.3. The number of benzene rings is 1. The summed E-state index contributed by atoms with van der Waals surface area (Å²) in [6.45, 7) is 7.78. The molecule has 1 aromatic carbocycles. The maximum atomic E-state index is 13.0. The first-order valence-corrected chi connectivity index (χ1v) is 14.1. The van der Waals surface area contributed by atoms with Crippen molar-refractivity contribution in [3.63, 3.8) is 0 Å². The van der Waals surface area contributed by atoms with E-state index in [-0.39, 0.29) is 17.0 Å². The summed E-state index contributed by atoms with van der Waals surface area (Å²) in [4.78, 5) is 9.62. The molecule has 0 bridgehead atoms. The highest BCUT2D eigenvalue weighted by molar-refractivity contribution is 7.89. The molecule has 4 rings (SSSR count). The third-order valence-corrected chi connectivity index (χ3v) is 8.45. The van der Waals surface area contributed by atoms with Gasteiger partial charge in [0.2, 0.25) is 10.0 Å². The van der Waals surface area contributed by atoms with Gasteiger partial charge in [-0.25, -0.2) is 18.1 Å². The molecule has 0 atom stereocenters. The summed E-state index contributed by atoms with van der Waals surface area (Å²) in [5.41, 5.74) is 0. The molecule has 2 aromatic rings. The van der Waals surface area contributed by atoms with Crippen LogP contribution in [-0.4, -0.2) is 76.9 Å². The highest BCUT2D eigenvalue weighted by Crippen LogP contribution is 2.32. The van der Waals surface area contributed by atoms with Crippen LogP contribution in [0.1, 0.15) is 39.5 Å². The largest absolute Gasteiger partial charge is 0.493 e. The van der Waals surface area contributed by atoms with Crippen molar-refractivity contribution in [2.45, 2.75) is 62.6 Å². The van der Waals surface area contributed by atoms with Crippen LogP contribution in [0.2, 0.25) is 0 Å². The molecule has 198 valence electrons. The van der Waals surface area contributed by atoms with E-state index in [2.05, 4.69) is 19.5 Å². The zero-order chi connectivity index (χ0) is 25.7. The van der Waals surface area contributed by atoms with Gasteiger partial charge in [-0.15, -0.1) is 0 Å². The monoisotopic (exact) mass is 518 g/mol. The molecule has 9 nitrogen and oxygen atoms in total. The molecule has 2 aliphatic rings. The molecule has 0 amide bonds. The average Bonchev–Trinajstić information content (AvgIpc) is 2.88. The predicted octanol–water partition coefficient (Wildman–Crippen LogP) is 3.30. The summed E-state index contributed by atoms with van der Waals surface area (Å²) in [5, 5.41) is 0. The molecular weight excluding hydrogens is 480 g/mol. The molecule has 1 aliphatic carbocycles. The molecule has 1 saturated carbocycles. The van der Waals surface area contributed by atoms with Gasteiger partial charge < -0.3 is 19.1 Å². The molecule has 1 aromatic heterocycles. The van der Waals surface area contributed by atoms with E-state index < -0.39 is 10.0 Å². The van der Waals surface area contributed by atoms with Crippen molar-refractivity contribution in [2.24, 2.45) is 0 Å². The molecule has 0 radical (unpaired) electrons. The van der Waals surface area contributed by atoms with Crippen molar-refractivity contribution in [1.29, 1.82) is 0 Å². The van der Waals surface area contributed by atoms with Crippen LogP contribution in [0.25, 0.3) is 0 Å². The van der Waals surface area contributed by atoms with Gasteiger partial charge in [0, 0.05) is 50.5 Å². The van der Waals surface area contributed by atoms with E-state index in [0.29, 0.717) is 17.5 Å². The first-order valence-electron chi connectivity index (χ1n) is 12.7. The van der Waals surface area contributed by atoms with Crippen molar-refractivity contribution in [1.82, 2.24) is 14.6 Å². The number of anilines is 1. The van der Waals surface area contributed by atoms with Crippen LogP contribution in [0.4, 0.5) is 5.82 Å². The number of rotatable bonds is 9. The highest BCUT2D eigenvalue weighted by Gasteiger charge is 2.31. The first kappa shape index (κ1) is 26.5. The standard InChI is InChI=1S/C26H38N4O5S/c1-19(2)35-24-6-5-13-27-26(24)30-16-14-29(15-17-30)21-9-7-20(8-10-21)28-36(31,32)22-11-12-23(33-3)25(18-22)34-4/h5-6,11-13,18-21,28H,7-10,14-17H2,1-4H3. The molecular formula is C26H38N4O5S. The van der Waals surface area contributed by atoms with Crippen LogP contribution in [0.3, 0.4) is 0 Å². The molecule has 0 unspecified atom stereocenters. The van der Waals surface area contributed by atoms with Gasteiger partial charge in [-0.2, -0.15) is 0 Å². The summed E-state index contributed by atoms with van der Waals surface area (Å²) >= 11 is 0. The Labute approximate surface area is 214 Å². The van der Waals surface area contributed by atoms with Crippen LogP contribution < -0.4 is 23.8 Å². The van der Waals surface area contributed by atoms with E-state index in [9.17, 15) is 8.42 Å². The van der Waals surface area contributed by atoms with Crippen LogP contribution in [0, 0.1) is 0 Å². The van der Waals surface area contributed by atoms with Crippen LogP contribution >= 0.6 is 0 Å². The zero-order valence-electron chi connectivity index (χ0n) is 21.6. The summed E-state index contributed by atoms with van der Waals surface area (Å²) in [7, 11) is -0.610. The molecule has 36 heavy (non-hydrogen) atoms. The van der Waals surface area contributed by atoms with Crippen LogP contribution in [0.5, 0.6) is 17.2 Å². The second-order valence-electron chi connectivity index (χ2n) is 9.66. The van der Waals surface area contributed by atoms with Crippen LogP contribution in [-0.2, 0) is 10.0 Å². The van der Waals surface area contributed by atoms with Gasteiger partial charge in [0.1, 0.15) is 0 Å². The maximum absolute atomic E-state index is 13.0. The number of methoxy groups -OCH3 is 2. The van der Waals surface area contributed by atoms with E-state index in [0.717, 1.165) is 63.4 Å². The number of hydrogen-bond acceptors (Lipinski definition) is 8. The van der Waals surface area contributed by atoms with Crippen molar-refractivity contribution in [3.05, 3.63) is 36.5 Å². The Bertz CT molecular complexity index is 1110. The zero-order valence-corrected chi connectivity index (χ0v) is 22.5. The van der Waals surface area contributed by atoms with Crippen molar-refractivity contribution in [3.8, 4) is 17.2 Å². The van der Waals surface area contributed by atoms with Crippen molar-refractivity contribution >= 4 is 15.8 Å². The lowest BCUT2D eigenvalue weighted by Crippen LogP contribution is -2.52. The molecule has 1 aliphatic heterocycles. The fraction of sp³-hybridized carbons (Fsp3) is 0.577. The van der Waals surface area contributed by atoms with Gasteiger partial charge in [-0.05, 0) is 63.8 Å². The molecule has 0 spiro atoms. The summed E-state index contributed by atoms with van der Waals surface area (Å²) in [6, 6.07) is 8.98. The molecule has 1 saturated heterocycles. The number of nitrogens with zero attached hydrogens (tertiary/aromatic N) is 3. The second-order valence-corrected chi connectivity index (χ2v) is 11.4. The van der Waals surface area contributed by atoms with Gasteiger partial charge in [0.05, 0.1) is 25.2 Å². The van der Waals surface area contributed by atoms with Gasteiger partial charge in [-0.1, -0.05) is 0 Å². The summed E-state index contributed by atoms with van der Waals surface area (Å²) in [6.07, 6.45) is 5.52. The number of sulfonamides is 1. The fourth-order valence-corrected chi connectivity index (χ4v) is 6.41. The van der Waals surface area contributed by atoms with Gasteiger partial charge in [0.25, 0.3) is 0 Å². The van der Waals surface area contributed by atoms with E-state index >= 15 is 0 Å². The van der Waals surface area contributed by atoms with Crippen molar-refractivity contribution in [2.75, 3.05) is 45.3 Å². The predicted molar refractivity (Wildman–Crippen MR) is 140 cm³/mol. The van der Waals surface area contributed by atoms with E-state index in [1.807, 2.05) is 32.2 Å². The normalized spacial score (nSPS) is 21.4. The Kier molecular flexibility index (Phi) is 8.58. The Balaban J connectivity index is 1.29. The lowest BCUT2D eigenvalue weighted by atomic mass is 9.90. The Morgan fingerprint density at radius 1 is 0.944 bits per heavy atom. The second kappa shape index (κ2) is 11.7. The van der Waals surface area contributed by atoms with Crippen molar-refractivity contribution < 1.29 is 22.6 Å². The molecule has 2 heterocycles. The quantitative estimate of drug-likeness (QED) is 0.541. The Morgan fingerprint density at radius 3 is 2.28 bits per heavy atom. The number of hydrogen-bond donors (Lipinski definition) is 1. The third kappa shape index (κ3) is 6.22. The lowest BCUT2D eigenvalue weighted by Gasteiger charge is -2.42. The average molecular weight is 519 g/mol. The van der Waals surface area contributed by atoms with E-state index in [4.69, 9.17) is 14.2 Å². The topological polar surface area (TPSA) is 93.2 Å². The fourth-order valence-electron chi connectivity index (χ4n) is 5.09. The molecule has 2 fully saturated rings. The Morgan fingerprint density at radius 2 is 1.64 bits per heavy atom. The van der Waals surface area contributed by atoms with Crippen LogP contribution in [0.15, 0.2) is 41.4 Å². The van der Waals surface area contributed by atoms with Gasteiger partial charge in [-0.3, -0.25) is 4.90 Å². The maximum Gasteiger partial charge on any atom is 0.240 e. The summed E-state index contributed by atoms with van der Waals surface area (Å²) in [5.74, 6) is 2.66.